The Kier molecular flexibility index (Phi) is 18.2. The largest absolute Gasteiger partial charge is 1.00 e. The van der Waals surface area contributed by atoms with Crippen LogP contribution in [0.3, 0.4) is 0 Å². The molecule has 1 N–H and O–H groups in total. The second-order valence-electron chi connectivity index (χ2n) is 9.30. The predicted molar refractivity (Wildman–Crippen MR) is 138 cm³/mol. The molecule has 1 aliphatic heterocycles. The number of hydrogen-bond acceptors (Lipinski definition) is 15. The van der Waals surface area contributed by atoms with E-state index in [-0.39, 0.29) is 130 Å². The fraction of sp³-hybridized carbons (Fsp3) is 0.273. The number of aromatic amines is 1. The monoisotopic (exact) mass is 747 g/mol. The van der Waals surface area contributed by atoms with Gasteiger partial charge in [0, 0.05) is 23.7 Å². The van der Waals surface area contributed by atoms with Gasteiger partial charge in [0.2, 0.25) is 0 Å². The summed E-state index contributed by atoms with van der Waals surface area (Å²) in [6, 6.07) is 12.1. The molecular formula is C22H20N5Na4O13P3. The van der Waals surface area contributed by atoms with Gasteiger partial charge in [-0.05, 0) is 17.7 Å². The molecule has 5 atom stereocenters. The van der Waals surface area contributed by atoms with Crippen molar-refractivity contribution in [3.05, 3.63) is 81.3 Å². The summed E-state index contributed by atoms with van der Waals surface area (Å²) < 4.78 is 54.4. The molecule has 2 aromatic heterocycles. The minimum atomic E-state index is -6.19. The van der Waals surface area contributed by atoms with E-state index in [9.17, 15) is 42.9 Å². The van der Waals surface area contributed by atoms with Gasteiger partial charge in [0.1, 0.15) is 12.3 Å². The number of phosphoric ester groups is 1. The first-order valence-electron chi connectivity index (χ1n) is 12.2. The molecule has 0 radical (unpaired) electrons. The van der Waals surface area contributed by atoms with Crippen molar-refractivity contribution in [3.8, 4) is 11.3 Å². The van der Waals surface area contributed by atoms with Crippen molar-refractivity contribution < 1.29 is 169 Å². The summed E-state index contributed by atoms with van der Waals surface area (Å²) in [6.45, 7) is 0.523. The maximum absolute atomic E-state index is 12.6. The number of fused-ring (bicyclic) bond motifs is 1. The van der Waals surface area contributed by atoms with E-state index in [4.69, 9.17) is 4.74 Å². The zero-order valence-corrected chi connectivity index (χ0v) is 36.5. The second kappa shape index (κ2) is 18.6. The first-order chi connectivity index (χ1) is 20.1. The number of benzene rings is 2. The summed E-state index contributed by atoms with van der Waals surface area (Å²) in [5.41, 5.74) is -0.100. The van der Waals surface area contributed by atoms with Crippen molar-refractivity contribution in [3.63, 3.8) is 0 Å². The van der Waals surface area contributed by atoms with Crippen LogP contribution in [0, 0.1) is 6.92 Å². The van der Waals surface area contributed by atoms with Gasteiger partial charge >= 0.3 is 124 Å². The number of phosphoric acid groups is 3. The fourth-order valence-corrected chi connectivity index (χ4v) is 7.54. The van der Waals surface area contributed by atoms with E-state index in [1.807, 2.05) is 42.5 Å². The predicted octanol–water partition coefficient (Wildman–Crippen LogP) is -12.4. The molecule has 1 saturated heterocycles. The Morgan fingerprint density at radius 2 is 1.62 bits per heavy atom. The Morgan fingerprint density at radius 1 is 0.957 bits per heavy atom. The summed E-state index contributed by atoms with van der Waals surface area (Å²) in [5, 5.41) is 9.88. The maximum atomic E-state index is 12.6. The average molecular weight is 747 g/mol. The maximum Gasteiger partial charge on any atom is 1.00 e. The summed E-state index contributed by atoms with van der Waals surface area (Å²) in [4.78, 5) is 71.7. The molecule has 0 bridgehead atoms. The number of nitrogens with zero attached hydrogens (tertiary/aromatic N) is 4. The summed E-state index contributed by atoms with van der Waals surface area (Å²) in [5.74, 6) is 0. The molecule has 230 valence electrons. The van der Waals surface area contributed by atoms with Crippen LogP contribution < -0.4 is 149 Å². The minimum Gasteiger partial charge on any atom is -0.790 e. The molecule has 1 fully saturated rings. The van der Waals surface area contributed by atoms with Crippen molar-refractivity contribution >= 4 is 34.2 Å². The average Bonchev–Trinajstić information content (AvgIpc) is 3.54. The third-order valence-corrected chi connectivity index (χ3v) is 10.1. The van der Waals surface area contributed by atoms with Crippen molar-refractivity contribution in [2.24, 2.45) is 0 Å². The van der Waals surface area contributed by atoms with Crippen LogP contribution in [0.25, 0.3) is 22.0 Å². The summed E-state index contributed by atoms with van der Waals surface area (Å²) in [7, 11) is -18.2. The molecule has 4 aromatic rings. The van der Waals surface area contributed by atoms with E-state index in [0.717, 1.165) is 15.3 Å². The minimum absolute atomic E-state index is 0. The molecule has 25 heteroatoms. The molecule has 2 aromatic carbocycles. The topological polar surface area (TPSA) is 266 Å². The van der Waals surface area contributed by atoms with Crippen LogP contribution in [0.15, 0.2) is 64.4 Å². The summed E-state index contributed by atoms with van der Waals surface area (Å²) in [6.07, 6.45) is 0.292. The zero-order valence-electron chi connectivity index (χ0n) is 25.8. The Bertz CT molecular complexity index is 1950. The normalized spacial score (nSPS) is 20.1. The van der Waals surface area contributed by atoms with Crippen molar-refractivity contribution in [1.29, 1.82) is 0 Å². The molecule has 0 aliphatic carbocycles. The van der Waals surface area contributed by atoms with Gasteiger partial charge in [-0.3, -0.25) is 27.8 Å². The number of aromatic nitrogens is 5. The molecule has 1 aliphatic rings. The third-order valence-electron chi connectivity index (χ3n) is 6.41. The SMILES string of the molecule is Cc1cn([C@H]2C[C@H](n3nncc3-c3cccc4ccccc34)[C@@H](COP(=O)([O-])OP(=O)([O-])OP(=O)([O-])[O-])O2)c(=O)[nH]c1=O.[Na+].[Na+].[Na+].[Na+]. The van der Waals surface area contributed by atoms with E-state index in [2.05, 4.69) is 28.4 Å². The summed E-state index contributed by atoms with van der Waals surface area (Å²) >= 11 is 0. The number of aryl methyl sites for hydroxylation is 1. The quantitative estimate of drug-likeness (QED) is 0.117. The molecule has 18 nitrogen and oxygen atoms in total. The molecule has 5 rings (SSSR count). The standard InChI is InChI=1S/C22H24N5O13P3.4Na/c1-13-11-26(22(29)24-21(13)28)20-9-17(19(38-20)12-37-42(33,34)40-43(35,36)39-41(30,31)32)27-18(10-23-25-27)16-8-4-6-14-5-2-3-7-15(14)16;;;;/h2-8,10-11,17,19-20H,9,12H2,1H3,(H,33,34)(H,35,36)(H,24,28,29)(H2,30,31,32);;;;/q;4*+1/p-4/t17-,19+,20+;;;;/m0..../s1. The number of hydrogen-bond donors (Lipinski definition) is 1. The molecule has 2 unspecified atom stereocenters. The van der Waals surface area contributed by atoms with Gasteiger partial charge in [-0.1, -0.05) is 47.7 Å². The van der Waals surface area contributed by atoms with Crippen LogP contribution in [-0.4, -0.2) is 37.3 Å². The van der Waals surface area contributed by atoms with Gasteiger partial charge in [0.25, 0.3) is 21.2 Å². The van der Waals surface area contributed by atoms with E-state index in [1.165, 1.54) is 24.0 Å². The molecule has 3 heterocycles. The van der Waals surface area contributed by atoms with Gasteiger partial charge in [0.05, 0.1) is 32.4 Å². The van der Waals surface area contributed by atoms with Crippen LogP contribution in [-0.2, 0) is 31.6 Å². The Balaban J connectivity index is 0.00000276. The van der Waals surface area contributed by atoms with Crippen LogP contribution >= 0.6 is 23.5 Å². The van der Waals surface area contributed by atoms with Crippen LogP contribution in [0.4, 0.5) is 0 Å². The number of nitrogens with one attached hydrogen (secondary N) is 1. The third kappa shape index (κ3) is 11.7. The van der Waals surface area contributed by atoms with Crippen LogP contribution in [0.1, 0.15) is 24.3 Å². The van der Waals surface area contributed by atoms with Crippen LogP contribution in [0.5, 0.6) is 0 Å². The van der Waals surface area contributed by atoms with Gasteiger partial charge in [-0.15, -0.1) is 5.10 Å². The van der Waals surface area contributed by atoms with Gasteiger partial charge in [-0.25, -0.2) is 13.8 Å². The Morgan fingerprint density at radius 3 is 2.30 bits per heavy atom. The number of H-pyrrole nitrogens is 1. The molecule has 47 heavy (non-hydrogen) atoms. The number of rotatable bonds is 10. The Labute approximate surface area is 354 Å². The Hall–Kier alpha value is 0.890. The molecule has 0 saturated carbocycles. The van der Waals surface area contributed by atoms with E-state index < -0.39 is 59.7 Å². The zero-order chi connectivity index (χ0) is 31.2. The second-order valence-corrected chi connectivity index (χ2v) is 13.6. The van der Waals surface area contributed by atoms with Crippen molar-refractivity contribution in [1.82, 2.24) is 24.5 Å². The first kappa shape index (κ1) is 45.9. The first-order valence-corrected chi connectivity index (χ1v) is 16.6. The smallest absolute Gasteiger partial charge is 0.790 e. The molecular weight excluding hydrogens is 727 g/mol. The number of ether oxygens (including phenoxy) is 1. The molecule has 0 spiro atoms. The van der Waals surface area contributed by atoms with E-state index in [0.29, 0.717) is 11.3 Å². The van der Waals surface area contributed by atoms with E-state index >= 15 is 0 Å². The van der Waals surface area contributed by atoms with Gasteiger partial charge in [0.15, 0.2) is 0 Å². The van der Waals surface area contributed by atoms with Crippen LogP contribution in [0.2, 0.25) is 0 Å². The van der Waals surface area contributed by atoms with E-state index in [1.54, 1.807) is 0 Å². The van der Waals surface area contributed by atoms with Crippen molar-refractivity contribution in [2.75, 3.05) is 6.61 Å². The fourth-order valence-electron chi connectivity index (χ4n) is 4.67. The van der Waals surface area contributed by atoms with Crippen molar-refractivity contribution in [2.45, 2.75) is 31.7 Å². The molecule has 0 amide bonds. The van der Waals surface area contributed by atoms with Gasteiger partial charge in [-0.2, -0.15) is 0 Å². The van der Waals surface area contributed by atoms with Gasteiger partial charge < -0.3 is 33.4 Å².